The second kappa shape index (κ2) is 8.94. The summed E-state index contributed by atoms with van der Waals surface area (Å²) in [6.07, 6.45) is 1.88. The lowest BCUT2D eigenvalue weighted by Gasteiger charge is -2.34. The molecule has 0 saturated carbocycles. The van der Waals surface area contributed by atoms with Crippen molar-refractivity contribution in [2.45, 2.75) is 26.7 Å². The van der Waals surface area contributed by atoms with Gasteiger partial charge in [-0.25, -0.2) is 0 Å². The summed E-state index contributed by atoms with van der Waals surface area (Å²) in [6, 6.07) is 0. The lowest BCUT2D eigenvalue weighted by Crippen LogP contribution is -2.48. The highest BCUT2D eigenvalue weighted by Crippen LogP contribution is 2.20. The van der Waals surface area contributed by atoms with Crippen LogP contribution >= 0.6 is 0 Å². The molecule has 1 N–H and O–H groups in total. The van der Waals surface area contributed by atoms with Gasteiger partial charge in [-0.2, -0.15) is 17.0 Å². The minimum atomic E-state index is -3.32. The topological polar surface area (TPSA) is 61.9 Å². The minimum Gasteiger partial charge on any atom is -0.383 e. The second-order valence-electron chi connectivity index (χ2n) is 5.14. The van der Waals surface area contributed by atoms with Crippen molar-refractivity contribution in [3.8, 4) is 0 Å². The van der Waals surface area contributed by atoms with E-state index in [2.05, 4.69) is 12.2 Å². The van der Waals surface area contributed by atoms with Gasteiger partial charge in [0.25, 0.3) is 10.2 Å². The molecule has 0 amide bonds. The normalized spacial score (nSPS) is 18.8. The molecule has 0 aliphatic carbocycles. The van der Waals surface area contributed by atoms with Crippen LogP contribution in [0.2, 0.25) is 0 Å². The molecule has 1 aliphatic heterocycles. The van der Waals surface area contributed by atoms with E-state index in [-0.39, 0.29) is 0 Å². The zero-order chi connectivity index (χ0) is 15.0. The van der Waals surface area contributed by atoms with Gasteiger partial charge in [-0.3, -0.25) is 0 Å². The Morgan fingerprint density at radius 1 is 1.30 bits per heavy atom. The number of methoxy groups -OCH3 is 1. The molecule has 1 rings (SSSR count). The van der Waals surface area contributed by atoms with Crippen LogP contribution in [-0.2, 0) is 14.9 Å². The molecule has 20 heavy (non-hydrogen) atoms. The maximum Gasteiger partial charge on any atom is 0.282 e. The van der Waals surface area contributed by atoms with E-state index < -0.39 is 10.2 Å². The molecule has 7 heteroatoms. The molecule has 0 spiro atoms. The van der Waals surface area contributed by atoms with Crippen molar-refractivity contribution in [3.05, 3.63) is 0 Å². The average molecular weight is 307 g/mol. The monoisotopic (exact) mass is 307 g/mol. The molecule has 1 aliphatic rings. The summed E-state index contributed by atoms with van der Waals surface area (Å²) in [5, 5.41) is 3.34. The third kappa shape index (κ3) is 4.96. The summed E-state index contributed by atoms with van der Waals surface area (Å²) in [7, 11) is -1.73. The van der Waals surface area contributed by atoms with Gasteiger partial charge in [0.2, 0.25) is 0 Å². The van der Waals surface area contributed by atoms with Gasteiger partial charge < -0.3 is 10.1 Å². The van der Waals surface area contributed by atoms with E-state index in [9.17, 15) is 8.42 Å². The Bertz CT molecular complexity index is 354. The van der Waals surface area contributed by atoms with Crippen LogP contribution in [0.25, 0.3) is 0 Å². The maximum absolute atomic E-state index is 12.5. The SMILES string of the molecule is CCNCC1CCN(S(=O)(=O)N(CC)CCOC)CC1. The van der Waals surface area contributed by atoms with Crippen LogP contribution in [0.1, 0.15) is 26.7 Å². The van der Waals surface area contributed by atoms with Gasteiger partial charge in [-0.1, -0.05) is 13.8 Å². The number of nitrogens with zero attached hydrogens (tertiary/aromatic N) is 2. The van der Waals surface area contributed by atoms with E-state index >= 15 is 0 Å². The van der Waals surface area contributed by atoms with Gasteiger partial charge in [0.1, 0.15) is 0 Å². The third-order valence-corrected chi connectivity index (χ3v) is 5.92. The molecule has 0 bridgehead atoms. The molecular formula is C13H29N3O3S. The van der Waals surface area contributed by atoms with Crippen molar-refractivity contribution >= 4 is 10.2 Å². The van der Waals surface area contributed by atoms with Crippen molar-refractivity contribution in [2.75, 3.05) is 53.0 Å². The average Bonchev–Trinajstić information content (AvgIpc) is 2.46. The van der Waals surface area contributed by atoms with E-state index in [0.29, 0.717) is 38.7 Å². The molecule has 0 radical (unpaired) electrons. The van der Waals surface area contributed by atoms with Gasteiger partial charge in [0.05, 0.1) is 6.61 Å². The fourth-order valence-corrected chi connectivity index (χ4v) is 4.12. The molecule has 1 fully saturated rings. The fourth-order valence-electron chi connectivity index (χ4n) is 2.49. The second-order valence-corrected chi connectivity index (χ2v) is 7.07. The highest BCUT2D eigenvalue weighted by molar-refractivity contribution is 7.86. The van der Waals surface area contributed by atoms with Crippen LogP contribution in [0.4, 0.5) is 0 Å². The highest BCUT2D eigenvalue weighted by Gasteiger charge is 2.31. The zero-order valence-corrected chi connectivity index (χ0v) is 13.8. The van der Waals surface area contributed by atoms with Crippen LogP contribution in [0.15, 0.2) is 0 Å². The van der Waals surface area contributed by atoms with Crippen molar-refractivity contribution < 1.29 is 13.2 Å². The molecular weight excluding hydrogens is 278 g/mol. The van der Waals surface area contributed by atoms with Crippen molar-refractivity contribution in [1.82, 2.24) is 13.9 Å². The number of piperidine rings is 1. The van der Waals surface area contributed by atoms with Crippen LogP contribution in [0, 0.1) is 5.92 Å². The number of likely N-dealkylation sites (N-methyl/N-ethyl adjacent to an activating group) is 1. The summed E-state index contributed by atoms with van der Waals surface area (Å²) in [6.45, 7) is 8.52. The quantitative estimate of drug-likeness (QED) is 0.675. The van der Waals surface area contributed by atoms with E-state index in [4.69, 9.17) is 4.74 Å². The minimum absolute atomic E-state index is 0.423. The molecule has 0 atom stereocenters. The largest absolute Gasteiger partial charge is 0.383 e. The van der Waals surface area contributed by atoms with Gasteiger partial charge >= 0.3 is 0 Å². The van der Waals surface area contributed by atoms with Gasteiger partial charge in [-0.05, 0) is 31.8 Å². The summed E-state index contributed by atoms with van der Waals surface area (Å²) >= 11 is 0. The summed E-state index contributed by atoms with van der Waals surface area (Å²) in [5.74, 6) is 0.593. The highest BCUT2D eigenvalue weighted by atomic mass is 32.2. The van der Waals surface area contributed by atoms with Gasteiger partial charge in [0.15, 0.2) is 0 Å². The number of rotatable bonds is 9. The lowest BCUT2D eigenvalue weighted by molar-refractivity contribution is 0.174. The van der Waals surface area contributed by atoms with Gasteiger partial charge in [-0.15, -0.1) is 0 Å². The Labute approximate surface area is 123 Å². The Morgan fingerprint density at radius 2 is 1.95 bits per heavy atom. The first-order chi connectivity index (χ1) is 9.56. The fraction of sp³-hybridized carbons (Fsp3) is 1.00. The van der Waals surface area contributed by atoms with Crippen molar-refractivity contribution in [3.63, 3.8) is 0 Å². The Morgan fingerprint density at radius 3 is 2.45 bits per heavy atom. The standard InChI is InChI=1S/C13H29N3O3S/c1-4-14-12-13-6-8-16(9-7-13)20(17,18)15(5-2)10-11-19-3/h13-14H,4-12H2,1-3H3. The number of hydrogen-bond acceptors (Lipinski definition) is 4. The zero-order valence-electron chi connectivity index (χ0n) is 13.0. The molecule has 0 aromatic carbocycles. The molecule has 0 aromatic heterocycles. The molecule has 120 valence electrons. The van der Waals surface area contributed by atoms with Crippen molar-refractivity contribution in [1.29, 1.82) is 0 Å². The van der Waals surface area contributed by atoms with E-state index in [1.54, 1.807) is 11.4 Å². The molecule has 1 heterocycles. The Balaban J connectivity index is 2.52. The first-order valence-corrected chi connectivity index (χ1v) is 8.90. The predicted molar refractivity (Wildman–Crippen MR) is 80.9 cm³/mol. The lowest BCUT2D eigenvalue weighted by atomic mass is 9.98. The molecule has 1 saturated heterocycles. The molecule has 0 aromatic rings. The first kappa shape index (κ1) is 17.8. The Kier molecular flexibility index (Phi) is 7.98. The number of ether oxygens (including phenoxy) is 1. The third-order valence-electron chi connectivity index (χ3n) is 3.81. The summed E-state index contributed by atoms with van der Waals surface area (Å²) in [4.78, 5) is 0. The van der Waals surface area contributed by atoms with E-state index in [1.807, 2.05) is 6.92 Å². The maximum atomic E-state index is 12.5. The predicted octanol–water partition coefficient (Wildman–Crippen LogP) is 0.521. The summed E-state index contributed by atoms with van der Waals surface area (Å²) in [5.41, 5.74) is 0. The molecule has 6 nitrogen and oxygen atoms in total. The summed E-state index contributed by atoms with van der Waals surface area (Å²) < 4.78 is 33.2. The van der Waals surface area contributed by atoms with Crippen LogP contribution in [0.3, 0.4) is 0 Å². The Hall–Kier alpha value is -0.210. The van der Waals surface area contributed by atoms with Crippen LogP contribution < -0.4 is 5.32 Å². The van der Waals surface area contributed by atoms with Crippen molar-refractivity contribution in [2.24, 2.45) is 5.92 Å². The van der Waals surface area contributed by atoms with Gasteiger partial charge in [0, 0.05) is 33.3 Å². The van der Waals surface area contributed by atoms with E-state index in [0.717, 1.165) is 25.9 Å². The molecule has 0 unspecified atom stereocenters. The van der Waals surface area contributed by atoms with Crippen LogP contribution in [0.5, 0.6) is 0 Å². The van der Waals surface area contributed by atoms with Crippen LogP contribution in [-0.4, -0.2) is 70.0 Å². The van der Waals surface area contributed by atoms with E-state index in [1.165, 1.54) is 4.31 Å². The number of hydrogen-bond donors (Lipinski definition) is 1. The first-order valence-electron chi connectivity index (χ1n) is 7.51. The number of nitrogens with one attached hydrogen (secondary N) is 1. The smallest absolute Gasteiger partial charge is 0.282 e.